The van der Waals surface area contributed by atoms with Crippen molar-refractivity contribution in [2.45, 2.75) is 5.54 Å². The van der Waals surface area contributed by atoms with Crippen molar-refractivity contribution in [3.8, 4) is 0 Å². The number of carbonyl (C=O) groups is 1. The predicted octanol–water partition coefficient (Wildman–Crippen LogP) is -1.37. The Balaban J connectivity index is 2.57. The third-order valence-electron chi connectivity index (χ3n) is 1.74. The van der Waals surface area contributed by atoms with E-state index in [-0.39, 0.29) is 0 Å². The zero-order chi connectivity index (χ0) is 6.91. The molecule has 1 fully saturated rings. The summed E-state index contributed by atoms with van der Waals surface area (Å²) >= 11 is 0. The molecule has 4 nitrogen and oxygen atoms in total. The second kappa shape index (κ2) is 1.97. The Morgan fingerprint density at radius 3 is 2.33 bits per heavy atom. The maximum absolute atomic E-state index is 10.4. The fraction of sp³-hybridized carbons (Fsp3) is 0.800. The quantitative estimate of drug-likeness (QED) is 0.431. The van der Waals surface area contributed by atoms with Crippen LogP contribution in [0.5, 0.6) is 0 Å². The zero-order valence-corrected chi connectivity index (χ0v) is 5.27. The van der Waals surface area contributed by atoms with Crippen LogP contribution in [-0.2, 0) is 4.79 Å². The molecule has 0 spiro atoms. The van der Waals surface area contributed by atoms with Crippen LogP contribution in [0.25, 0.3) is 0 Å². The average Bonchev–Trinajstić information content (AvgIpc) is 1.62. The summed E-state index contributed by atoms with van der Waals surface area (Å²) in [5.74, 6) is -0.774. The van der Waals surface area contributed by atoms with Gasteiger partial charge in [-0.1, -0.05) is 0 Å². The molecular formula is C5H10N2O2. The van der Waals surface area contributed by atoms with Crippen LogP contribution in [0.4, 0.5) is 0 Å². The van der Waals surface area contributed by atoms with Gasteiger partial charge in [0, 0.05) is 13.1 Å². The molecule has 0 unspecified atom stereocenters. The Morgan fingerprint density at radius 2 is 2.33 bits per heavy atom. The maximum Gasteiger partial charge on any atom is 0.326 e. The number of hydrogen-bond acceptors (Lipinski definition) is 3. The molecule has 0 atom stereocenters. The van der Waals surface area contributed by atoms with Gasteiger partial charge in [-0.25, -0.2) is 0 Å². The van der Waals surface area contributed by atoms with Gasteiger partial charge in [-0.3, -0.25) is 4.79 Å². The molecule has 1 aliphatic rings. The molecule has 0 amide bonds. The molecule has 0 aliphatic carbocycles. The van der Waals surface area contributed by atoms with Crippen molar-refractivity contribution in [1.82, 2.24) is 10.6 Å². The zero-order valence-electron chi connectivity index (χ0n) is 5.27. The Morgan fingerprint density at radius 1 is 1.78 bits per heavy atom. The second-order valence-electron chi connectivity index (χ2n) is 2.24. The highest BCUT2D eigenvalue weighted by Crippen LogP contribution is 2.08. The molecule has 9 heavy (non-hydrogen) atoms. The number of aliphatic carboxylic acids is 1. The first-order valence-corrected chi connectivity index (χ1v) is 2.84. The van der Waals surface area contributed by atoms with Crippen molar-refractivity contribution in [3.63, 3.8) is 0 Å². The number of carboxylic acids is 1. The Bertz CT molecular complexity index is 125. The van der Waals surface area contributed by atoms with E-state index in [1.807, 2.05) is 0 Å². The van der Waals surface area contributed by atoms with Crippen molar-refractivity contribution in [3.05, 3.63) is 0 Å². The summed E-state index contributed by atoms with van der Waals surface area (Å²) in [6, 6.07) is 0. The molecule has 4 heteroatoms. The lowest BCUT2D eigenvalue weighted by Crippen LogP contribution is -2.71. The number of likely N-dealkylation sites (N-methyl/N-ethyl adjacent to an activating group) is 1. The molecule has 1 heterocycles. The van der Waals surface area contributed by atoms with Gasteiger partial charge in [-0.05, 0) is 7.05 Å². The number of hydrogen-bond donors (Lipinski definition) is 3. The minimum atomic E-state index is -0.774. The standard InChI is InChI=1S/C5H10N2O2/c1-6-5(4(8)9)2-7-3-5/h6-7H,2-3H2,1H3,(H,8,9). The minimum Gasteiger partial charge on any atom is -0.480 e. The molecule has 0 saturated carbocycles. The van der Waals surface area contributed by atoms with Gasteiger partial charge in [0.1, 0.15) is 5.54 Å². The van der Waals surface area contributed by atoms with Crippen LogP contribution in [-0.4, -0.2) is 36.8 Å². The summed E-state index contributed by atoms with van der Waals surface area (Å²) in [5.41, 5.74) is -0.681. The Labute approximate surface area is 53.2 Å². The molecule has 0 aromatic heterocycles. The monoisotopic (exact) mass is 130 g/mol. The summed E-state index contributed by atoms with van der Waals surface area (Å²) in [5, 5.41) is 14.2. The Hall–Kier alpha value is -0.610. The van der Waals surface area contributed by atoms with Gasteiger partial charge >= 0.3 is 5.97 Å². The summed E-state index contributed by atoms with van der Waals surface area (Å²) in [6.07, 6.45) is 0. The van der Waals surface area contributed by atoms with Gasteiger partial charge in [0.2, 0.25) is 0 Å². The summed E-state index contributed by atoms with van der Waals surface area (Å²) in [7, 11) is 1.66. The number of rotatable bonds is 2. The van der Waals surface area contributed by atoms with Crippen molar-refractivity contribution in [1.29, 1.82) is 0 Å². The lowest BCUT2D eigenvalue weighted by molar-refractivity contribution is -0.146. The molecular weight excluding hydrogens is 120 g/mol. The number of nitrogens with one attached hydrogen (secondary N) is 2. The SMILES string of the molecule is CNC1(C(=O)O)CNC1. The van der Waals surface area contributed by atoms with E-state index >= 15 is 0 Å². The molecule has 1 aliphatic heterocycles. The van der Waals surface area contributed by atoms with Gasteiger partial charge in [-0.2, -0.15) is 0 Å². The van der Waals surface area contributed by atoms with Crippen LogP contribution >= 0.6 is 0 Å². The van der Waals surface area contributed by atoms with E-state index in [2.05, 4.69) is 10.6 Å². The van der Waals surface area contributed by atoms with E-state index in [0.29, 0.717) is 13.1 Å². The van der Waals surface area contributed by atoms with E-state index in [9.17, 15) is 4.79 Å². The van der Waals surface area contributed by atoms with Crippen molar-refractivity contribution >= 4 is 5.97 Å². The van der Waals surface area contributed by atoms with Crippen LogP contribution in [0.2, 0.25) is 0 Å². The van der Waals surface area contributed by atoms with Gasteiger partial charge < -0.3 is 15.7 Å². The second-order valence-corrected chi connectivity index (χ2v) is 2.24. The normalized spacial score (nSPS) is 22.8. The molecule has 52 valence electrons. The average molecular weight is 130 g/mol. The van der Waals surface area contributed by atoms with Gasteiger partial charge in [0.15, 0.2) is 0 Å². The van der Waals surface area contributed by atoms with Crippen LogP contribution in [0.3, 0.4) is 0 Å². The van der Waals surface area contributed by atoms with Crippen molar-refractivity contribution in [2.75, 3.05) is 20.1 Å². The van der Waals surface area contributed by atoms with E-state index in [0.717, 1.165) is 0 Å². The van der Waals surface area contributed by atoms with Gasteiger partial charge in [0.05, 0.1) is 0 Å². The minimum absolute atomic E-state index is 0.527. The topological polar surface area (TPSA) is 61.4 Å². The van der Waals surface area contributed by atoms with E-state index in [1.54, 1.807) is 7.05 Å². The molecule has 1 saturated heterocycles. The first-order chi connectivity index (χ1) is 4.21. The molecule has 0 bridgehead atoms. The van der Waals surface area contributed by atoms with Crippen LogP contribution in [0, 0.1) is 0 Å². The molecule has 0 radical (unpaired) electrons. The summed E-state index contributed by atoms with van der Waals surface area (Å²) < 4.78 is 0. The molecule has 0 aromatic rings. The fourth-order valence-corrected chi connectivity index (χ4v) is 0.810. The van der Waals surface area contributed by atoms with Crippen LogP contribution in [0.1, 0.15) is 0 Å². The van der Waals surface area contributed by atoms with E-state index in [1.165, 1.54) is 0 Å². The predicted molar refractivity (Wildman–Crippen MR) is 32.3 cm³/mol. The third kappa shape index (κ3) is 0.799. The molecule has 0 aromatic carbocycles. The van der Waals surface area contributed by atoms with Crippen LogP contribution in [0.15, 0.2) is 0 Å². The Kier molecular flexibility index (Phi) is 1.42. The van der Waals surface area contributed by atoms with Crippen molar-refractivity contribution < 1.29 is 9.90 Å². The smallest absolute Gasteiger partial charge is 0.326 e. The third-order valence-corrected chi connectivity index (χ3v) is 1.74. The van der Waals surface area contributed by atoms with E-state index < -0.39 is 11.5 Å². The highest BCUT2D eigenvalue weighted by atomic mass is 16.4. The molecule has 1 rings (SSSR count). The van der Waals surface area contributed by atoms with E-state index in [4.69, 9.17) is 5.11 Å². The van der Waals surface area contributed by atoms with Gasteiger partial charge in [-0.15, -0.1) is 0 Å². The summed E-state index contributed by atoms with van der Waals surface area (Å²) in [6.45, 7) is 1.05. The first kappa shape index (κ1) is 6.51. The first-order valence-electron chi connectivity index (χ1n) is 2.84. The maximum atomic E-state index is 10.4. The van der Waals surface area contributed by atoms with Crippen LogP contribution < -0.4 is 10.6 Å². The van der Waals surface area contributed by atoms with Gasteiger partial charge in [0.25, 0.3) is 0 Å². The highest BCUT2D eigenvalue weighted by molar-refractivity contribution is 5.80. The highest BCUT2D eigenvalue weighted by Gasteiger charge is 2.42. The lowest BCUT2D eigenvalue weighted by Gasteiger charge is -2.37. The molecule has 3 N–H and O–H groups in total. The van der Waals surface area contributed by atoms with Crippen molar-refractivity contribution in [2.24, 2.45) is 0 Å². The number of carboxylic acid groups (broad SMARTS) is 1. The largest absolute Gasteiger partial charge is 0.480 e. The lowest BCUT2D eigenvalue weighted by atomic mass is 9.93. The summed E-state index contributed by atoms with van der Waals surface area (Å²) in [4.78, 5) is 10.4. The fourth-order valence-electron chi connectivity index (χ4n) is 0.810.